The van der Waals surface area contributed by atoms with E-state index in [1.54, 1.807) is 58.9 Å². The van der Waals surface area contributed by atoms with Crippen LogP contribution in [0.25, 0.3) is 0 Å². The van der Waals surface area contributed by atoms with Gasteiger partial charge in [0.05, 0.1) is 0 Å². The molecule has 12 nitrogen and oxygen atoms in total. The van der Waals surface area contributed by atoms with Crippen LogP contribution in [-0.2, 0) is 9.53 Å². The van der Waals surface area contributed by atoms with Crippen molar-refractivity contribution >= 4 is 41.0 Å². The molecule has 0 saturated heterocycles. The molecule has 12 heteroatoms. The minimum absolute atomic E-state index is 0.287. The highest BCUT2D eigenvalue weighted by atomic mass is 16.6. The van der Waals surface area contributed by atoms with Gasteiger partial charge >= 0.3 is 6.09 Å². The van der Waals surface area contributed by atoms with Crippen LogP contribution in [0.15, 0.2) is 54.4 Å². The molecule has 0 unspecified atom stereocenters. The number of amides is 3. The number of anilines is 4. The van der Waals surface area contributed by atoms with E-state index in [4.69, 9.17) is 4.74 Å². The number of nitrogens with one attached hydrogen (secondary N) is 6. The van der Waals surface area contributed by atoms with Crippen LogP contribution in [0.1, 0.15) is 64.7 Å². The van der Waals surface area contributed by atoms with E-state index in [1.165, 1.54) is 11.8 Å². The lowest BCUT2D eigenvalue weighted by Crippen LogP contribution is -2.53. The molecule has 226 valence electrons. The second kappa shape index (κ2) is 14.3. The Morgan fingerprint density at radius 1 is 1.02 bits per heavy atom. The Bertz CT molecular complexity index is 1330. The first-order valence-corrected chi connectivity index (χ1v) is 14.0. The fourth-order valence-electron chi connectivity index (χ4n) is 3.78. The maximum absolute atomic E-state index is 13.2. The highest BCUT2D eigenvalue weighted by molar-refractivity contribution is 6.08. The van der Waals surface area contributed by atoms with Gasteiger partial charge in [-0.1, -0.05) is 19.1 Å². The summed E-state index contributed by atoms with van der Waals surface area (Å²) in [6.07, 6.45) is 8.56. The van der Waals surface area contributed by atoms with Crippen LogP contribution in [0.4, 0.5) is 27.9 Å². The zero-order chi connectivity index (χ0) is 30.8. The number of ether oxygens (including phenoxy) is 1. The number of hydrogen-bond acceptors (Lipinski definition) is 9. The lowest BCUT2D eigenvalue weighted by atomic mass is 10.0. The minimum atomic E-state index is -1.25. The van der Waals surface area contributed by atoms with Crippen molar-refractivity contribution in [2.45, 2.75) is 65.5 Å². The standard InChI is InChI=1S/C30H42N8O4/c1-7-14-32-24-23(19-34-27(37-24)33-17-13-20-11-15-31-16-12-20)25(39)35-21-9-8-10-22(18-21)36-26(40)30(5,6)38-28(41)42-29(2,3)4/h8-12,15,18-19,31H,7,13-14,16-17H2,1-6H3,(H,35,39)(H,36,40)(H,38,41)(H2,32,33,34,37). The SMILES string of the molecule is CCCNc1nc(NCCC2=CCNC=C2)ncc1C(=O)Nc1cccc(NC(=O)C(C)(C)NC(=O)OC(C)(C)C)c1. The van der Waals surface area contributed by atoms with Crippen LogP contribution in [0.2, 0.25) is 0 Å². The van der Waals surface area contributed by atoms with Crippen LogP contribution in [-0.4, -0.2) is 58.6 Å². The smallest absolute Gasteiger partial charge is 0.408 e. The Kier molecular flexibility index (Phi) is 10.9. The maximum Gasteiger partial charge on any atom is 0.408 e. The number of alkyl carbamates (subject to hydrolysis) is 1. The van der Waals surface area contributed by atoms with Gasteiger partial charge in [0.1, 0.15) is 22.5 Å². The highest BCUT2D eigenvalue weighted by Crippen LogP contribution is 2.21. The molecule has 0 saturated carbocycles. The molecule has 3 rings (SSSR count). The second-order valence-electron chi connectivity index (χ2n) is 11.3. The number of rotatable bonds is 12. The number of carbonyl (C=O) groups excluding carboxylic acids is 3. The van der Waals surface area contributed by atoms with Crippen LogP contribution in [0.3, 0.4) is 0 Å². The van der Waals surface area contributed by atoms with Crippen molar-refractivity contribution in [3.05, 3.63) is 60.0 Å². The van der Waals surface area contributed by atoms with Crippen LogP contribution in [0, 0.1) is 0 Å². The monoisotopic (exact) mass is 578 g/mol. The zero-order valence-electron chi connectivity index (χ0n) is 25.2. The average Bonchev–Trinajstić information content (AvgIpc) is 2.91. The van der Waals surface area contributed by atoms with Gasteiger partial charge in [-0.15, -0.1) is 0 Å². The summed E-state index contributed by atoms with van der Waals surface area (Å²) in [6.45, 7) is 12.5. The summed E-state index contributed by atoms with van der Waals surface area (Å²) >= 11 is 0. The number of hydrogen-bond donors (Lipinski definition) is 6. The first-order chi connectivity index (χ1) is 19.9. The third-order valence-corrected chi connectivity index (χ3v) is 5.93. The Morgan fingerprint density at radius 2 is 1.76 bits per heavy atom. The Labute approximate surface area is 247 Å². The number of allylic oxidation sites excluding steroid dienone is 1. The van der Waals surface area contributed by atoms with E-state index in [0.29, 0.717) is 36.2 Å². The van der Waals surface area contributed by atoms with Gasteiger partial charge in [0.2, 0.25) is 11.9 Å². The van der Waals surface area contributed by atoms with Crippen molar-refractivity contribution < 1.29 is 19.1 Å². The fraction of sp³-hybridized carbons (Fsp3) is 0.433. The molecule has 2 aromatic rings. The van der Waals surface area contributed by atoms with Crippen molar-refractivity contribution in [2.75, 3.05) is 40.9 Å². The van der Waals surface area contributed by atoms with Crippen molar-refractivity contribution in [1.82, 2.24) is 20.6 Å². The summed E-state index contributed by atoms with van der Waals surface area (Å²) in [6, 6.07) is 6.72. The van der Waals surface area contributed by atoms with E-state index >= 15 is 0 Å². The van der Waals surface area contributed by atoms with Crippen molar-refractivity contribution in [2.24, 2.45) is 0 Å². The van der Waals surface area contributed by atoms with E-state index in [0.717, 1.165) is 19.4 Å². The normalized spacial score (nSPS) is 12.9. The molecule has 6 N–H and O–H groups in total. The van der Waals surface area contributed by atoms with Crippen molar-refractivity contribution in [3.63, 3.8) is 0 Å². The Morgan fingerprint density at radius 3 is 2.43 bits per heavy atom. The van der Waals surface area contributed by atoms with Gasteiger partial charge in [-0.3, -0.25) is 9.59 Å². The molecular weight excluding hydrogens is 536 g/mol. The van der Waals surface area contributed by atoms with Gasteiger partial charge in [-0.25, -0.2) is 9.78 Å². The minimum Gasteiger partial charge on any atom is -0.444 e. The van der Waals surface area contributed by atoms with Gasteiger partial charge in [0.25, 0.3) is 5.91 Å². The predicted octanol–water partition coefficient (Wildman–Crippen LogP) is 4.64. The van der Waals surface area contributed by atoms with Crippen LogP contribution < -0.4 is 31.9 Å². The molecular formula is C30H42N8O4. The molecule has 0 bridgehead atoms. The predicted molar refractivity (Wildman–Crippen MR) is 166 cm³/mol. The van der Waals surface area contributed by atoms with Crippen LogP contribution in [0.5, 0.6) is 0 Å². The number of benzene rings is 1. The number of aromatic nitrogens is 2. The first kappa shape index (κ1) is 31.9. The molecule has 2 heterocycles. The molecule has 0 fully saturated rings. The molecule has 1 aromatic carbocycles. The topological polar surface area (TPSA) is 158 Å². The van der Waals surface area contributed by atoms with E-state index in [1.807, 2.05) is 19.2 Å². The summed E-state index contributed by atoms with van der Waals surface area (Å²) in [4.78, 5) is 47.2. The van der Waals surface area contributed by atoms with E-state index in [-0.39, 0.29) is 5.56 Å². The highest BCUT2D eigenvalue weighted by Gasteiger charge is 2.31. The van der Waals surface area contributed by atoms with Crippen LogP contribution >= 0.6 is 0 Å². The largest absolute Gasteiger partial charge is 0.444 e. The third-order valence-electron chi connectivity index (χ3n) is 5.93. The molecule has 0 radical (unpaired) electrons. The summed E-state index contributed by atoms with van der Waals surface area (Å²) < 4.78 is 5.26. The second-order valence-corrected chi connectivity index (χ2v) is 11.3. The van der Waals surface area contributed by atoms with Gasteiger partial charge in [-0.05, 0) is 83.5 Å². The molecule has 0 atom stereocenters. The average molecular weight is 579 g/mol. The maximum atomic E-state index is 13.2. The Balaban J connectivity index is 1.65. The molecule has 1 aliphatic heterocycles. The third kappa shape index (κ3) is 10.1. The molecule has 0 spiro atoms. The first-order valence-electron chi connectivity index (χ1n) is 14.0. The summed E-state index contributed by atoms with van der Waals surface area (Å²) in [7, 11) is 0. The molecule has 1 aliphatic rings. The van der Waals surface area contributed by atoms with Gasteiger partial charge in [0.15, 0.2) is 0 Å². The van der Waals surface area contributed by atoms with Crippen molar-refractivity contribution in [1.29, 1.82) is 0 Å². The number of carbonyl (C=O) groups is 3. The van der Waals surface area contributed by atoms with E-state index in [9.17, 15) is 14.4 Å². The van der Waals surface area contributed by atoms with Gasteiger partial charge in [0, 0.05) is 37.2 Å². The number of nitrogens with zero attached hydrogens (tertiary/aromatic N) is 2. The summed E-state index contributed by atoms with van der Waals surface area (Å²) in [5.41, 5.74) is 0.464. The molecule has 42 heavy (non-hydrogen) atoms. The number of dihydropyridines is 1. The summed E-state index contributed by atoms with van der Waals surface area (Å²) in [5, 5.41) is 17.8. The molecule has 0 aliphatic carbocycles. The molecule has 1 aromatic heterocycles. The lowest BCUT2D eigenvalue weighted by molar-refractivity contribution is -0.121. The zero-order valence-corrected chi connectivity index (χ0v) is 25.2. The lowest BCUT2D eigenvalue weighted by Gasteiger charge is -2.27. The van der Waals surface area contributed by atoms with Crippen molar-refractivity contribution in [3.8, 4) is 0 Å². The Hall–Kier alpha value is -4.61. The van der Waals surface area contributed by atoms with Gasteiger partial charge < -0.3 is 36.6 Å². The summed E-state index contributed by atoms with van der Waals surface area (Å²) in [5.74, 6) is -0.00405. The van der Waals surface area contributed by atoms with E-state index in [2.05, 4.69) is 47.9 Å². The van der Waals surface area contributed by atoms with Gasteiger partial charge in [-0.2, -0.15) is 4.98 Å². The fourth-order valence-corrected chi connectivity index (χ4v) is 3.78. The van der Waals surface area contributed by atoms with E-state index < -0.39 is 29.0 Å². The quantitative estimate of drug-likeness (QED) is 0.211. The molecule has 3 amide bonds.